The van der Waals surface area contributed by atoms with Crippen molar-refractivity contribution >= 4 is 43.1 Å². The Bertz CT molecular complexity index is 1360. The van der Waals surface area contributed by atoms with Crippen molar-refractivity contribution in [2.75, 3.05) is 0 Å². The van der Waals surface area contributed by atoms with Gasteiger partial charge in [0.05, 0.1) is 0 Å². The summed E-state index contributed by atoms with van der Waals surface area (Å²) in [5, 5.41) is 10.8. The number of benzene rings is 5. The molecule has 0 aliphatic heterocycles. The van der Waals surface area contributed by atoms with Gasteiger partial charge in [0.15, 0.2) is 0 Å². The van der Waals surface area contributed by atoms with E-state index < -0.39 is 0 Å². The molecule has 0 saturated heterocycles. The van der Waals surface area contributed by atoms with Crippen LogP contribution in [0.2, 0.25) is 0 Å². The topological polar surface area (TPSA) is 0 Å². The fourth-order valence-corrected chi connectivity index (χ4v) is 5.20. The highest BCUT2D eigenvalue weighted by atomic mass is 14.1. The zero-order valence-corrected chi connectivity index (χ0v) is 19.4. The van der Waals surface area contributed by atoms with Crippen LogP contribution in [0.4, 0.5) is 0 Å². The zero-order chi connectivity index (χ0) is 21.8. The zero-order valence-electron chi connectivity index (χ0n) is 19.4. The molecule has 0 nitrogen and oxygen atoms in total. The maximum absolute atomic E-state index is 2.43. The molecule has 0 amide bonds. The molecule has 0 aliphatic rings. The summed E-state index contributed by atoms with van der Waals surface area (Å²) in [5.41, 5.74) is 1.51. The predicted molar refractivity (Wildman–Crippen MR) is 143 cm³/mol. The van der Waals surface area contributed by atoms with Gasteiger partial charge in [-0.3, -0.25) is 0 Å². The molecule has 0 saturated carbocycles. The summed E-state index contributed by atoms with van der Waals surface area (Å²) >= 11 is 0. The number of fused-ring (bicyclic) bond motifs is 4. The molecular weight excluding hydrogens is 384 g/mol. The normalized spacial score (nSPS) is 11.8. The smallest absolute Gasteiger partial charge is 0.0146 e. The molecule has 0 fully saturated rings. The summed E-state index contributed by atoms with van der Waals surface area (Å²) < 4.78 is 0. The Morgan fingerprint density at radius 3 is 1.59 bits per heavy atom. The van der Waals surface area contributed by atoms with E-state index in [0.717, 1.165) is 0 Å². The summed E-state index contributed by atoms with van der Waals surface area (Å²) in [6, 6.07) is 29.7. The molecule has 0 unspecified atom stereocenters. The van der Waals surface area contributed by atoms with Gasteiger partial charge in [-0.05, 0) is 97.9 Å². The lowest BCUT2D eigenvalue weighted by Gasteiger charge is -2.10. The minimum absolute atomic E-state index is 1.19. The first-order chi connectivity index (χ1) is 15.8. The van der Waals surface area contributed by atoms with Crippen LogP contribution in [-0.2, 0) is 6.42 Å². The first-order valence-corrected chi connectivity index (χ1v) is 12.6. The Morgan fingerprint density at radius 2 is 0.938 bits per heavy atom. The van der Waals surface area contributed by atoms with Crippen molar-refractivity contribution in [3.63, 3.8) is 0 Å². The van der Waals surface area contributed by atoms with Gasteiger partial charge in [-0.2, -0.15) is 0 Å². The second-order valence-corrected chi connectivity index (χ2v) is 9.46. The van der Waals surface area contributed by atoms with Crippen LogP contribution in [0.1, 0.15) is 63.9 Å². The van der Waals surface area contributed by atoms with Crippen LogP contribution >= 0.6 is 0 Å². The van der Waals surface area contributed by atoms with Crippen LogP contribution < -0.4 is 0 Å². The van der Waals surface area contributed by atoms with Gasteiger partial charge >= 0.3 is 0 Å². The van der Waals surface area contributed by atoms with Crippen molar-refractivity contribution in [1.29, 1.82) is 0 Å². The lowest BCUT2D eigenvalue weighted by atomic mass is 9.94. The molecule has 5 aromatic carbocycles. The molecule has 0 heterocycles. The molecule has 0 bridgehead atoms. The van der Waals surface area contributed by atoms with Crippen LogP contribution in [0, 0.1) is 0 Å². The van der Waals surface area contributed by atoms with E-state index in [-0.39, 0.29) is 0 Å². The number of unbranched alkanes of at least 4 members (excludes halogenated alkanes) is 7. The first kappa shape index (κ1) is 21.0. The average molecular weight is 419 g/mol. The molecule has 0 N–H and O–H groups in total. The van der Waals surface area contributed by atoms with Crippen LogP contribution in [0.15, 0.2) is 78.9 Å². The van der Waals surface area contributed by atoms with Gasteiger partial charge < -0.3 is 0 Å². The van der Waals surface area contributed by atoms with E-state index in [1.807, 2.05) is 0 Å². The second-order valence-electron chi connectivity index (χ2n) is 9.46. The standard InChI is InChI=1S/C32H34/c1-2-3-4-5-6-7-8-9-13-24-16-12-17-27-20-30-21-28-18-25-14-10-11-15-26(25)19-29(28)22-31(30)23-32(24)27/h10-12,14-23H,2-9,13H2,1H3. The van der Waals surface area contributed by atoms with E-state index in [2.05, 4.69) is 85.8 Å². The summed E-state index contributed by atoms with van der Waals surface area (Å²) in [5.74, 6) is 0. The molecule has 162 valence electrons. The Kier molecular flexibility index (Phi) is 6.39. The monoisotopic (exact) mass is 418 g/mol. The lowest BCUT2D eigenvalue weighted by Crippen LogP contribution is -1.89. The van der Waals surface area contributed by atoms with Crippen molar-refractivity contribution in [3.8, 4) is 0 Å². The van der Waals surface area contributed by atoms with Gasteiger partial charge in [-0.15, -0.1) is 0 Å². The van der Waals surface area contributed by atoms with Gasteiger partial charge in [0.25, 0.3) is 0 Å². The number of rotatable bonds is 9. The first-order valence-electron chi connectivity index (χ1n) is 12.6. The van der Waals surface area contributed by atoms with E-state index >= 15 is 0 Å². The Morgan fingerprint density at radius 1 is 0.438 bits per heavy atom. The third-order valence-electron chi connectivity index (χ3n) is 7.05. The number of aryl methyl sites for hydroxylation is 1. The van der Waals surface area contributed by atoms with E-state index in [1.54, 1.807) is 0 Å². The van der Waals surface area contributed by atoms with Crippen molar-refractivity contribution in [1.82, 2.24) is 0 Å². The molecule has 5 aromatic rings. The molecule has 0 aliphatic carbocycles. The van der Waals surface area contributed by atoms with Crippen LogP contribution in [-0.4, -0.2) is 0 Å². The third kappa shape index (κ3) is 4.51. The maximum atomic E-state index is 2.43. The number of hydrogen-bond acceptors (Lipinski definition) is 0. The van der Waals surface area contributed by atoms with E-state index in [9.17, 15) is 0 Å². The van der Waals surface area contributed by atoms with Gasteiger partial charge in [-0.1, -0.05) is 94.3 Å². The van der Waals surface area contributed by atoms with Gasteiger partial charge in [-0.25, -0.2) is 0 Å². The van der Waals surface area contributed by atoms with Gasteiger partial charge in [0.2, 0.25) is 0 Å². The van der Waals surface area contributed by atoms with Gasteiger partial charge in [0, 0.05) is 0 Å². The van der Waals surface area contributed by atoms with Crippen LogP contribution in [0.25, 0.3) is 43.1 Å². The number of hydrogen-bond donors (Lipinski definition) is 0. The summed E-state index contributed by atoms with van der Waals surface area (Å²) in [7, 11) is 0. The molecule has 0 atom stereocenters. The fourth-order valence-electron chi connectivity index (χ4n) is 5.20. The van der Waals surface area contributed by atoms with Crippen molar-refractivity contribution in [3.05, 3.63) is 84.4 Å². The molecule has 32 heavy (non-hydrogen) atoms. The Balaban J connectivity index is 1.39. The van der Waals surface area contributed by atoms with E-state index in [0.29, 0.717) is 0 Å². The fraction of sp³-hybridized carbons (Fsp3) is 0.312. The molecule has 0 heteroatoms. The highest BCUT2D eigenvalue weighted by molar-refractivity contribution is 6.08. The van der Waals surface area contributed by atoms with Crippen LogP contribution in [0.3, 0.4) is 0 Å². The predicted octanol–water partition coefficient (Wildman–Crippen LogP) is 9.98. The lowest BCUT2D eigenvalue weighted by molar-refractivity contribution is 0.576. The van der Waals surface area contributed by atoms with Crippen LogP contribution in [0.5, 0.6) is 0 Å². The summed E-state index contributed by atoms with van der Waals surface area (Å²) in [4.78, 5) is 0. The van der Waals surface area contributed by atoms with Crippen molar-refractivity contribution in [2.24, 2.45) is 0 Å². The molecule has 5 rings (SSSR count). The van der Waals surface area contributed by atoms with Crippen molar-refractivity contribution in [2.45, 2.75) is 64.7 Å². The average Bonchev–Trinajstić information content (AvgIpc) is 2.82. The van der Waals surface area contributed by atoms with E-state index in [1.165, 1.54) is 106 Å². The molecule has 0 spiro atoms. The molecular formula is C32H34. The van der Waals surface area contributed by atoms with E-state index in [4.69, 9.17) is 0 Å². The Labute approximate surface area is 192 Å². The molecule has 0 radical (unpaired) electrons. The minimum Gasteiger partial charge on any atom is -0.0654 e. The van der Waals surface area contributed by atoms with Crippen molar-refractivity contribution < 1.29 is 0 Å². The largest absolute Gasteiger partial charge is 0.0654 e. The summed E-state index contributed by atoms with van der Waals surface area (Å²) in [6.07, 6.45) is 12.2. The highest BCUT2D eigenvalue weighted by Crippen LogP contribution is 2.31. The minimum atomic E-state index is 1.19. The second kappa shape index (κ2) is 9.74. The third-order valence-corrected chi connectivity index (χ3v) is 7.05. The quantitative estimate of drug-likeness (QED) is 0.165. The Hall–Kier alpha value is -2.86. The highest BCUT2D eigenvalue weighted by Gasteiger charge is 2.06. The molecule has 0 aromatic heterocycles. The van der Waals surface area contributed by atoms with Gasteiger partial charge in [0.1, 0.15) is 0 Å². The summed E-state index contributed by atoms with van der Waals surface area (Å²) in [6.45, 7) is 2.29. The maximum Gasteiger partial charge on any atom is -0.0146 e. The SMILES string of the molecule is CCCCCCCCCCc1cccc2cc3cc4cc5ccccc5cc4cc3cc12.